The fourth-order valence-corrected chi connectivity index (χ4v) is 6.01. The molecule has 2 nitrogen and oxygen atoms in total. The second-order valence-corrected chi connectivity index (χ2v) is 13.0. The Morgan fingerprint density at radius 3 is 1.30 bits per heavy atom. The van der Waals surface area contributed by atoms with Crippen LogP contribution in [0.2, 0.25) is 0 Å². The Bertz CT molecular complexity index is 1110. The Kier molecular flexibility index (Phi) is 24.7. The van der Waals surface area contributed by atoms with Crippen molar-refractivity contribution in [1.82, 2.24) is 0 Å². The molecular formula is C43H68N2Ni. The molecule has 0 N–H and O–H groups in total. The molecule has 0 aliphatic heterocycles. The molecule has 0 bridgehead atoms. The van der Waals surface area contributed by atoms with Crippen molar-refractivity contribution in [2.45, 2.75) is 176 Å². The van der Waals surface area contributed by atoms with Crippen molar-refractivity contribution in [3.63, 3.8) is 0 Å². The molecule has 0 saturated heterocycles. The van der Waals surface area contributed by atoms with Crippen LogP contribution in [0.25, 0.3) is 0 Å². The molecule has 46 heavy (non-hydrogen) atoms. The third-order valence-corrected chi connectivity index (χ3v) is 9.03. The molecule has 0 amide bonds. The van der Waals surface area contributed by atoms with Crippen molar-refractivity contribution in [3.05, 3.63) is 70.8 Å². The van der Waals surface area contributed by atoms with Crippen molar-refractivity contribution in [2.24, 2.45) is 9.98 Å². The maximum absolute atomic E-state index is 5.40. The van der Waals surface area contributed by atoms with Crippen molar-refractivity contribution in [2.75, 3.05) is 0 Å². The van der Waals surface area contributed by atoms with E-state index in [9.17, 15) is 0 Å². The van der Waals surface area contributed by atoms with E-state index in [1.54, 1.807) is 0 Å². The van der Waals surface area contributed by atoms with E-state index in [4.69, 9.17) is 9.98 Å². The van der Waals surface area contributed by atoms with Gasteiger partial charge in [0.15, 0.2) is 0 Å². The summed E-state index contributed by atoms with van der Waals surface area (Å²) in [6.45, 7) is 13.6. The van der Waals surface area contributed by atoms with Crippen molar-refractivity contribution in [3.8, 4) is 0 Å². The minimum absolute atomic E-state index is 0. The number of allylic oxidation sites excluding steroid dienone is 2. The minimum Gasteiger partial charge on any atom is -0.251 e. The summed E-state index contributed by atoms with van der Waals surface area (Å²) < 4.78 is 0. The standard InChI is InChI=1S/C43H68N2.Ni/c1-7-13-15-17-19-20-21-22-23-25-27-29-43(45-41-34-38(11-5)31-39(12-6)35-41)42(28-26-24-18-16-14-8-2)44-40-32-36(9-3)30-37(10-4)33-40;/h27,29-35H,7-26,28H2,1-6H3;. The molecule has 0 aliphatic carbocycles. The molecule has 3 heteroatoms. The molecule has 0 aromatic heterocycles. The Morgan fingerprint density at radius 1 is 0.478 bits per heavy atom. The van der Waals surface area contributed by atoms with Gasteiger partial charge in [0, 0.05) is 16.5 Å². The van der Waals surface area contributed by atoms with Crippen LogP contribution in [0.1, 0.15) is 173 Å². The summed E-state index contributed by atoms with van der Waals surface area (Å²) in [7, 11) is 0. The van der Waals surface area contributed by atoms with Crippen LogP contribution in [-0.4, -0.2) is 11.4 Å². The number of hydrogen-bond donors (Lipinski definition) is 0. The fourth-order valence-electron chi connectivity index (χ4n) is 6.01. The van der Waals surface area contributed by atoms with E-state index in [-0.39, 0.29) is 16.5 Å². The molecule has 0 fully saturated rings. The van der Waals surface area contributed by atoms with E-state index in [0.717, 1.165) is 67.7 Å². The molecule has 0 atom stereocenters. The molecule has 2 aromatic carbocycles. The van der Waals surface area contributed by atoms with E-state index in [1.165, 1.54) is 112 Å². The number of nitrogens with zero attached hydrogens (tertiary/aromatic N) is 2. The average molecular weight is 672 g/mol. The van der Waals surface area contributed by atoms with E-state index >= 15 is 0 Å². The zero-order valence-electron chi connectivity index (χ0n) is 30.7. The molecule has 2 aromatic rings. The van der Waals surface area contributed by atoms with Gasteiger partial charge in [-0.25, -0.2) is 4.99 Å². The third-order valence-electron chi connectivity index (χ3n) is 9.03. The van der Waals surface area contributed by atoms with Crippen LogP contribution < -0.4 is 0 Å². The number of unbranched alkanes of at least 4 members (excludes halogenated alkanes) is 14. The molecule has 0 spiro atoms. The predicted octanol–water partition coefficient (Wildman–Crippen LogP) is 14.0. The SMILES string of the molecule is CCCCCCCCCCCC=CC(=Nc1cc(CC)cc(CC)c1)C(CCCCCCCC)=Nc1cc(CC)cc(CC)c1.[Ni]. The van der Waals surface area contributed by atoms with E-state index in [1.807, 2.05) is 0 Å². The van der Waals surface area contributed by atoms with E-state index in [0.29, 0.717) is 0 Å². The molecule has 0 aliphatic rings. The number of rotatable bonds is 25. The van der Waals surface area contributed by atoms with Crippen LogP contribution in [0.15, 0.2) is 58.5 Å². The number of hydrogen-bond acceptors (Lipinski definition) is 2. The first-order valence-electron chi connectivity index (χ1n) is 19.1. The van der Waals surface area contributed by atoms with Gasteiger partial charge < -0.3 is 0 Å². The largest absolute Gasteiger partial charge is 0.251 e. The van der Waals surface area contributed by atoms with E-state index < -0.39 is 0 Å². The molecule has 2 rings (SSSR count). The van der Waals surface area contributed by atoms with Gasteiger partial charge in [-0.3, -0.25) is 4.99 Å². The first kappa shape index (κ1) is 42.0. The summed E-state index contributed by atoms with van der Waals surface area (Å²) in [6, 6.07) is 13.8. The van der Waals surface area contributed by atoms with Crippen LogP contribution in [0.4, 0.5) is 11.4 Å². The molecule has 260 valence electrons. The Morgan fingerprint density at radius 2 is 0.870 bits per heavy atom. The summed E-state index contributed by atoms with van der Waals surface area (Å²) >= 11 is 0. The summed E-state index contributed by atoms with van der Waals surface area (Å²) in [5.74, 6) is 0. The smallest absolute Gasteiger partial charge is 0.0848 e. The van der Waals surface area contributed by atoms with Gasteiger partial charge in [0.2, 0.25) is 0 Å². The zero-order chi connectivity index (χ0) is 32.5. The van der Waals surface area contributed by atoms with Gasteiger partial charge in [-0.15, -0.1) is 0 Å². The molecule has 0 saturated carbocycles. The number of benzene rings is 2. The second kappa shape index (κ2) is 27.0. The zero-order valence-corrected chi connectivity index (χ0v) is 31.7. The first-order valence-corrected chi connectivity index (χ1v) is 19.1. The topological polar surface area (TPSA) is 24.7 Å². The van der Waals surface area contributed by atoms with Crippen molar-refractivity contribution in [1.29, 1.82) is 0 Å². The summed E-state index contributed by atoms with van der Waals surface area (Å²) in [5, 5.41) is 0. The van der Waals surface area contributed by atoms with Crippen LogP contribution in [-0.2, 0) is 42.2 Å². The fraction of sp³-hybridized carbons (Fsp3) is 0.628. The quantitative estimate of drug-likeness (QED) is 0.0570. The molecular weight excluding hydrogens is 603 g/mol. The van der Waals surface area contributed by atoms with Gasteiger partial charge in [0.25, 0.3) is 0 Å². The van der Waals surface area contributed by atoms with Crippen LogP contribution >= 0.6 is 0 Å². The summed E-state index contributed by atoms with van der Waals surface area (Å²) in [6.07, 6.45) is 30.9. The molecule has 0 radical (unpaired) electrons. The maximum Gasteiger partial charge on any atom is 0.0848 e. The minimum atomic E-state index is 0. The van der Waals surface area contributed by atoms with Gasteiger partial charge in [-0.2, -0.15) is 0 Å². The Balaban J connectivity index is 0.0000106. The van der Waals surface area contributed by atoms with Gasteiger partial charge in [0.1, 0.15) is 0 Å². The summed E-state index contributed by atoms with van der Waals surface area (Å²) in [5.41, 5.74) is 9.82. The number of aryl methyl sites for hydroxylation is 4. The molecule has 0 heterocycles. The van der Waals surface area contributed by atoms with Gasteiger partial charge in [-0.05, 0) is 104 Å². The predicted molar refractivity (Wildman–Crippen MR) is 204 cm³/mol. The second-order valence-electron chi connectivity index (χ2n) is 13.0. The monoisotopic (exact) mass is 670 g/mol. The van der Waals surface area contributed by atoms with Gasteiger partial charge in [0.05, 0.1) is 22.8 Å². The van der Waals surface area contributed by atoms with Crippen molar-refractivity contribution < 1.29 is 16.5 Å². The Hall–Kier alpha value is -1.99. The Labute approximate surface area is 295 Å². The van der Waals surface area contributed by atoms with Gasteiger partial charge in [-0.1, -0.05) is 143 Å². The van der Waals surface area contributed by atoms with Gasteiger partial charge >= 0.3 is 0 Å². The first-order chi connectivity index (χ1) is 22.1. The third kappa shape index (κ3) is 17.8. The van der Waals surface area contributed by atoms with Crippen LogP contribution in [0.3, 0.4) is 0 Å². The van der Waals surface area contributed by atoms with Crippen molar-refractivity contribution >= 4 is 22.8 Å². The molecule has 0 unspecified atom stereocenters. The maximum atomic E-state index is 5.40. The van der Waals surface area contributed by atoms with Crippen LogP contribution in [0.5, 0.6) is 0 Å². The number of aliphatic imine (C=N–C) groups is 2. The van der Waals surface area contributed by atoms with E-state index in [2.05, 4.69) is 90.1 Å². The van der Waals surface area contributed by atoms with Crippen LogP contribution in [0, 0.1) is 0 Å². The average Bonchev–Trinajstić information content (AvgIpc) is 3.07. The summed E-state index contributed by atoms with van der Waals surface area (Å²) in [4.78, 5) is 10.8. The normalized spacial score (nSPS) is 12.2.